The molecule has 5 aromatic carbocycles. The maximum atomic E-state index is 9.49. The molecule has 1 aliphatic rings. The number of nitriles is 1. The van der Waals surface area contributed by atoms with Gasteiger partial charge in [0.25, 0.3) is 0 Å². The van der Waals surface area contributed by atoms with Gasteiger partial charge in [0, 0.05) is 47.6 Å². The number of thiophene rings is 1. The van der Waals surface area contributed by atoms with Crippen LogP contribution in [0.5, 0.6) is 0 Å². The second-order valence-corrected chi connectivity index (χ2v) is 14.4. The second-order valence-electron chi connectivity index (χ2n) is 13.4. The minimum atomic E-state index is -0.211. The molecule has 3 heterocycles. The Morgan fingerprint density at radius 3 is 2.20 bits per heavy atom. The third kappa shape index (κ3) is 4.62. The Morgan fingerprint density at radius 2 is 1.44 bits per heavy atom. The fraction of sp³-hybridized carbons (Fsp3) is 0.0909. The molecule has 3 aromatic heterocycles. The first-order valence-corrected chi connectivity index (χ1v) is 17.5. The van der Waals surface area contributed by atoms with Gasteiger partial charge in [0.2, 0.25) is 5.95 Å². The maximum Gasteiger partial charge on any atom is 0.238 e. The van der Waals surface area contributed by atoms with E-state index >= 15 is 0 Å². The molecule has 50 heavy (non-hydrogen) atoms. The average Bonchev–Trinajstić information content (AvgIpc) is 3.71. The zero-order chi connectivity index (χ0) is 34.0. The Morgan fingerprint density at radius 1 is 0.760 bits per heavy atom. The van der Waals surface area contributed by atoms with E-state index < -0.39 is 0 Å². The molecule has 0 atom stereocenters. The third-order valence-electron chi connectivity index (χ3n) is 9.73. The van der Waals surface area contributed by atoms with Crippen molar-refractivity contribution in [3.63, 3.8) is 0 Å². The molecule has 8 aromatic rings. The van der Waals surface area contributed by atoms with Gasteiger partial charge in [-0.3, -0.25) is 4.57 Å². The number of allylic oxidation sites excluding steroid dienone is 5. The summed E-state index contributed by atoms with van der Waals surface area (Å²) in [6.45, 7) is 9.41. The van der Waals surface area contributed by atoms with Gasteiger partial charge in [-0.2, -0.15) is 15.2 Å². The molecule has 0 aliphatic heterocycles. The first-order chi connectivity index (χ1) is 24.4. The van der Waals surface area contributed by atoms with Crippen molar-refractivity contribution in [1.29, 1.82) is 5.26 Å². The van der Waals surface area contributed by atoms with Crippen LogP contribution in [-0.4, -0.2) is 19.5 Å². The minimum Gasteiger partial charge on any atom is -0.277 e. The van der Waals surface area contributed by atoms with Crippen LogP contribution < -0.4 is 0 Å². The normalized spacial score (nSPS) is 15.4. The first kappa shape index (κ1) is 29.9. The van der Waals surface area contributed by atoms with E-state index in [-0.39, 0.29) is 5.41 Å². The molecule has 0 radical (unpaired) electrons. The van der Waals surface area contributed by atoms with E-state index in [0.29, 0.717) is 23.2 Å². The second kappa shape index (κ2) is 11.5. The Hall–Kier alpha value is -6.16. The molecule has 0 unspecified atom stereocenters. The molecular weight excluding hydrogens is 631 g/mol. The summed E-state index contributed by atoms with van der Waals surface area (Å²) >= 11 is 1.87. The van der Waals surface area contributed by atoms with Gasteiger partial charge >= 0.3 is 0 Å². The molecule has 0 saturated heterocycles. The monoisotopic (exact) mass is 661 g/mol. The van der Waals surface area contributed by atoms with Crippen molar-refractivity contribution < 1.29 is 0 Å². The van der Waals surface area contributed by atoms with E-state index in [1.165, 1.54) is 31.1 Å². The van der Waals surface area contributed by atoms with Gasteiger partial charge in [0.05, 0.1) is 22.7 Å². The minimum absolute atomic E-state index is 0.211. The molecule has 9 rings (SSSR count). The molecule has 6 heteroatoms. The van der Waals surface area contributed by atoms with Crippen LogP contribution in [0.25, 0.3) is 76.3 Å². The lowest BCUT2D eigenvalue weighted by Crippen LogP contribution is -2.19. The van der Waals surface area contributed by atoms with Crippen LogP contribution in [0.2, 0.25) is 0 Å². The Labute approximate surface area is 293 Å². The van der Waals surface area contributed by atoms with Crippen LogP contribution in [0.15, 0.2) is 134 Å². The molecule has 1 aliphatic carbocycles. The van der Waals surface area contributed by atoms with Gasteiger partial charge in [0.15, 0.2) is 11.6 Å². The van der Waals surface area contributed by atoms with Crippen molar-refractivity contribution in [3.8, 4) is 34.8 Å². The highest BCUT2D eigenvalue weighted by molar-refractivity contribution is 7.26. The van der Waals surface area contributed by atoms with Crippen LogP contribution in [0.4, 0.5) is 0 Å². The molecule has 0 spiro atoms. The molecule has 0 saturated carbocycles. The van der Waals surface area contributed by atoms with Crippen LogP contribution >= 0.6 is 11.3 Å². The highest BCUT2D eigenvalue weighted by atomic mass is 32.1. The highest BCUT2D eigenvalue weighted by Crippen LogP contribution is 2.52. The third-order valence-corrected chi connectivity index (χ3v) is 10.9. The van der Waals surface area contributed by atoms with Crippen molar-refractivity contribution >= 4 is 58.9 Å². The van der Waals surface area contributed by atoms with Crippen LogP contribution in [0.3, 0.4) is 0 Å². The number of rotatable bonds is 3. The molecule has 0 bridgehead atoms. The summed E-state index contributed by atoms with van der Waals surface area (Å²) in [6.07, 6.45) is 9.50. The van der Waals surface area contributed by atoms with E-state index in [0.717, 1.165) is 45.1 Å². The standard InChI is InChI=1S/C44H31N5S/c1-27-14-6-5-13-25-44(2,3)38-35(27)39-36(37-32-18-10-12-20-34(32)50-40(37)38)31-17-9-11-19-33(31)49(39)43-47-41(29-15-7-4-8-16-29)46-42(48-43)30-23-21-28(26-45)22-24-30/h4-24H,1,25H2,2-3H3/b13-5-,14-6-. The van der Waals surface area contributed by atoms with Crippen molar-refractivity contribution in [3.05, 3.63) is 151 Å². The number of benzene rings is 5. The lowest BCUT2D eigenvalue weighted by molar-refractivity contribution is 0.539. The highest BCUT2D eigenvalue weighted by Gasteiger charge is 2.33. The first-order valence-electron chi connectivity index (χ1n) is 16.7. The Balaban J connectivity index is 1.50. The lowest BCUT2D eigenvalue weighted by Gasteiger charge is -2.29. The number of fused-ring (bicyclic) bond motifs is 10. The average molecular weight is 662 g/mol. The molecule has 238 valence electrons. The SMILES string of the molecule is C=C1/C=C\C=C/CC(C)(C)c2c1c1c(c3ccccc3n1-c1nc(-c3ccccc3)nc(-c3ccc(C#N)cc3)n1)c1c2sc2ccccc21. The summed E-state index contributed by atoms with van der Waals surface area (Å²) in [5.41, 5.74) is 7.47. The van der Waals surface area contributed by atoms with Gasteiger partial charge in [-0.25, -0.2) is 4.98 Å². The van der Waals surface area contributed by atoms with Gasteiger partial charge < -0.3 is 0 Å². The topological polar surface area (TPSA) is 67.4 Å². The number of hydrogen-bond acceptors (Lipinski definition) is 5. The number of para-hydroxylation sites is 1. The van der Waals surface area contributed by atoms with E-state index in [9.17, 15) is 5.26 Å². The van der Waals surface area contributed by atoms with Crippen LogP contribution in [-0.2, 0) is 5.41 Å². The van der Waals surface area contributed by atoms with Crippen molar-refractivity contribution in [2.75, 3.05) is 0 Å². The fourth-order valence-corrected chi connectivity index (χ4v) is 8.84. The van der Waals surface area contributed by atoms with Gasteiger partial charge in [0.1, 0.15) is 0 Å². The summed E-state index contributed by atoms with van der Waals surface area (Å²) in [4.78, 5) is 15.5. The predicted octanol–water partition coefficient (Wildman–Crippen LogP) is 11.3. The van der Waals surface area contributed by atoms with Gasteiger partial charge in [-0.05, 0) is 59.4 Å². The number of aromatic nitrogens is 4. The molecule has 5 nitrogen and oxygen atoms in total. The number of nitrogens with zero attached hydrogens (tertiary/aromatic N) is 5. The number of hydrogen-bond donors (Lipinski definition) is 0. The van der Waals surface area contributed by atoms with Crippen molar-refractivity contribution in [2.24, 2.45) is 0 Å². The maximum absolute atomic E-state index is 9.49. The Kier molecular flexibility index (Phi) is 6.87. The van der Waals surface area contributed by atoms with E-state index in [2.05, 4.69) is 97.3 Å². The predicted molar refractivity (Wildman–Crippen MR) is 208 cm³/mol. The van der Waals surface area contributed by atoms with E-state index in [1.807, 2.05) is 53.8 Å². The lowest BCUT2D eigenvalue weighted by atomic mass is 9.76. The molecular formula is C44H31N5S. The van der Waals surface area contributed by atoms with Crippen molar-refractivity contribution in [2.45, 2.75) is 25.7 Å². The largest absolute Gasteiger partial charge is 0.277 e. The van der Waals surface area contributed by atoms with Crippen LogP contribution in [0, 0.1) is 11.3 Å². The summed E-state index contributed by atoms with van der Waals surface area (Å²) in [6, 6.07) is 37.0. The van der Waals surface area contributed by atoms with Gasteiger partial charge in [-0.15, -0.1) is 11.3 Å². The van der Waals surface area contributed by atoms with Gasteiger partial charge in [-0.1, -0.05) is 111 Å². The quantitative estimate of drug-likeness (QED) is 0.189. The molecule has 0 amide bonds. The van der Waals surface area contributed by atoms with Crippen LogP contribution in [0.1, 0.15) is 37.0 Å². The van der Waals surface area contributed by atoms with E-state index in [1.54, 1.807) is 12.1 Å². The fourth-order valence-electron chi connectivity index (χ4n) is 7.40. The zero-order valence-electron chi connectivity index (χ0n) is 27.7. The summed E-state index contributed by atoms with van der Waals surface area (Å²) in [5, 5.41) is 14.3. The van der Waals surface area contributed by atoms with Crippen molar-refractivity contribution in [1.82, 2.24) is 19.5 Å². The smallest absolute Gasteiger partial charge is 0.238 e. The summed E-state index contributed by atoms with van der Waals surface area (Å²) in [5.74, 6) is 1.64. The Bertz CT molecular complexity index is 2770. The molecule has 0 fully saturated rings. The van der Waals surface area contributed by atoms with E-state index in [4.69, 9.17) is 21.5 Å². The zero-order valence-corrected chi connectivity index (χ0v) is 28.5. The molecule has 0 N–H and O–H groups in total. The summed E-state index contributed by atoms with van der Waals surface area (Å²) < 4.78 is 4.79. The summed E-state index contributed by atoms with van der Waals surface area (Å²) in [7, 11) is 0.